The van der Waals surface area contributed by atoms with E-state index in [2.05, 4.69) is 186 Å². The Kier molecular flexibility index (Phi) is 31.0. The highest BCUT2D eigenvalue weighted by molar-refractivity contribution is 5.80. The van der Waals surface area contributed by atoms with Crippen molar-refractivity contribution in [3.8, 4) is 0 Å². The van der Waals surface area contributed by atoms with E-state index in [1.54, 1.807) is 62.7 Å². The van der Waals surface area contributed by atoms with Crippen molar-refractivity contribution in [1.29, 1.82) is 0 Å². The molecule has 23 nitrogen and oxygen atoms in total. The van der Waals surface area contributed by atoms with E-state index < -0.39 is 0 Å². The Bertz CT molecular complexity index is 3720. The van der Waals surface area contributed by atoms with Crippen LogP contribution in [0.2, 0.25) is 0 Å². The summed E-state index contributed by atoms with van der Waals surface area (Å²) >= 11 is 0. The van der Waals surface area contributed by atoms with E-state index in [9.17, 15) is 0 Å². The van der Waals surface area contributed by atoms with Crippen LogP contribution < -0.4 is 0 Å². The second-order valence-corrected chi connectivity index (χ2v) is 19.0. The molecule has 0 spiro atoms. The van der Waals surface area contributed by atoms with Gasteiger partial charge in [-0.25, -0.2) is 44.9 Å². The molecule has 15 aromatic rings. The summed E-state index contributed by atoms with van der Waals surface area (Å²) in [4.78, 5) is 42.4. The number of fused-ring (bicyclic) bond motifs is 4. The largest absolute Gasteiger partial charge is 0.351 e. The van der Waals surface area contributed by atoms with Gasteiger partial charge in [0.25, 0.3) is 0 Å². The zero-order valence-electron chi connectivity index (χ0n) is 52.4. The van der Waals surface area contributed by atoms with Crippen LogP contribution in [0.4, 0.5) is 0 Å². The topological polar surface area (TPSA) is 273 Å². The highest BCUT2D eigenvalue weighted by atomic mass is 15.2. The molecule has 23 heteroatoms. The summed E-state index contributed by atoms with van der Waals surface area (Å²) in [6.07, 6.45) is 30.1. The first-order chi connectivity index (χ1) is 43.7. The highest BCUT2D eigenvalue weighted by Gasteiger charge is 1.96. The first kappa shape index (κ1) is 68.9. The van der Waals surface area contributed by atoms with Crippen molar-refractivity contribution in [2.75, 3.05) is 0 Å². The molecular formula is C67H73N23. The molecule has 0 amide bonds. The lowest BCUT2D eigenvalue weighted by Gasteiger charge is -1.95. The standard InChI is InChI=1S/C10H9N.C9H9N.2C8H8N2.C6H7N.2C5H6N2.4C4H5N3/c1-8-6-9-4-2-3-5-10(9)11-7-8;1-10-7-6-8-4-2-3-5-9(8)10;1-10-6-9-7-4-2-3-5-8(7)10;1-10-8-5-3-2-4-7(8)6-9-10;1-6-2-4-7-5-3-6;1-5-2-3-6-4-7-5;1-5-2-3-6-7-4-5;1-4-6-2-5-3-7-4;1-4-2-6-7-3-5-4;1-4-2-5-3-6-7-4;1-4-5-2-3-6-7-4/h2-7H,1H3;2-7H,1H3;2*2-6H,1H3;2-5H,1H3;2*2-4H,1H3;4*2-3H,1H3. The van der Waals surface area contributed by atoms with Gasteiger partial charge in [-0.3, -0.25) is 14.6 Å². The second kappa shape index (κ2) is 40.4. The van der Waals surface area contributed by atoms with Crippen LogP contribution in [-0.4, -0.2) is 115 Å². The summed E-state index contributed by atoms with van der Waals surface area (Å²) in [5.41, 5.74) is 12.2. The fourth-order valence-electron chi connectivity index (χ4n) is 6.95. The maximum absolute atomic E-state index is 4.28. The number of aromatic nitrogens is 23. The van der Waals surface area contributed by atoms with Crippen molar-refractivity contribution in [3.63, 3.8) is 0 Å². The third kappa shape index (κ3) is 27.9. The lowest BCUT2D eigenvalue weighted by Crippen LogP contribution is -1.87. The van der Waals surface area contributed by atoms with Crippen molar-refractivity contribution in [3.05, 3.63) is 291 Å². The molecule has 0 unspecified atom stereocenters. The van der Waals surface area contributed by atoms with Crippen LogP contribution >= 0.6 is 0 Å². The molecule has 90 heavy (non-hydrogen) atoms. The number of hydrogen-bond acceptors (Lipinski definition) is 20. The van der Waals surface area contributed by atoms with Crippen LogP contribution in [0.5, 0.6) is 0 Å². The van der Waals surface area contributed by atoms with Crippen molar-refractivity contribution in [2.24, 2.45) is 21.1 Å². The SMILES string of the molecule is Cc1ccncc1.Cc1ccncn1.Cc1ccnnc1.Cc1cnc2ccccc2c1.Cc1cncnn1.Cc1cnncn1.Cc1nccnn1.Cc1ncncn1.Cn1ccc2ccccc21.Cn1cnc2ccccc21.Cn1ncc2ccccc21. The molecule has 11 aromatic heterocycles. The molecule has 0 aliphatic heterocycles. The van der Waals surface area contributed by atoms with E-state index in [1.807, 2.05) is 156 Å². The molecule has 4 aromatic carbocycles. The summed E-state index contributed by atoms with van der Waals surface area (Å²) in [6, 6.07) is 44.7. The fraction of sp³-hybridized carbons (Fsp3) is 0.164. The normalized spacial score (nSPS) is 9.50. The van der Waals surface area contributed by atoms with E-state index in [4.69, 9.17) is 0 Å². The number of benzene rings is 4. The van der Waals surface area contributed by atoms with E-state index >= 15 is 0 Å². The fourth-order valence-corrected chi connectivity index (χ4v) is 6.95. The molecule has 0 saturated heterocycles. The minimum Gasteiger partial charge on any atom is -0.351 e. The van der Waals surface area contributed by atoms with Crippen molar-refractivity contribution in [2.45, 2.75) is 55.4 Å². The molecule has 11 heterocycles. The zero-order chi connectivity index (χ0) is 64.4. The van der Waals surface area contributed by atoms with E-state index in [0.717, 1.165) is 39.5 Å². The number of imidazole rings is 1. The number of para-hydroxylation sites is 5. The summed E-state index contributed by atoms with van der Waals surface area (Å²) in [5, 5.41) is 36.5. The first-order valence-corrected chi connectivity index (χ1v) is 28.0. The minimum absolute atomic E-state index is 0.711. The first-order valence-electron chi connectivity index (χ1n) is 28.0. The molecule has 0 fully saturated rings. The van der Waals surface area contributed by atoms with Gasteiger partial charge in [-0.15, -0.1) is 15.3 Å². The Morgan fingerprint density at radius 2 is 0.956 bits per heavy atom. The predicted octanol–water partition coefficient (Wildman–Crippen LogP) is 11.5. The number of hydrogen-bond donors (Lipinski definition) is 0. The molecule has 15 rings (SSSR count). The lowest BCUT2D eigenvalue weighted by molar-refractivity contribution is 0.797. The van der Waals surface area contributed by atoms with Gasteiger partial charge in [0.2, 0.25) is 0 Å². The molecular weight excluding hydrogens is 1130 g/mol. The molecule has 456 valence electrons. The Hall–Kier alpha value is -11.9. The number of nitrogens with zero attached hydrogens (tertiary/aromatic N) is 23. The van der Waals surface area contributed by atoms with Gasteiger partial charge in [0, 0.05) is 86.5 Å². The van der Waals surface area contributed by atoms with Gasteiger partial charge in [-0.05, 0) is 144 Å². The molecule has 0 radical (unpaired) electrons. The molecule has 0 atom stereocenters. The van der Waals surface area contributed by atoms with E-state index in [0.29, 0.717) is 5.82 Å². The molecule has 0 aliphatic carbocycles. The Balaban J connectivity index is 0.000000181. The second-order valence-electron chi connectivity index (χ2n) is 19.0. The highest BCUT2D eigenvalue weighted by Crippen LogP contribution is 2.14. The molecule has 0 N–H and O–H groups in total. The van der Waals surface area contributed by atoms with Crippen LogP contribution in [-0.2, 0) is 21.1 Å². The van der Waals surface area contributed by atoms with Gasteiger partial charge in [-0.1, -0.05) is 66.7 Å². The van der Waals surface area contributed by atoms with Crippen LogP contribution in [0.25, 0.3) is 43.7 Å². The average Bonchev–Trinajstić information content (AvgIpc) is 3.14. The molecule has 0 aliphatic rings. The predicted molar refractivity (Wildman–Crippen MR) is 352 cm³/mol. The molecule has 0 saturated carbocycles. The average molecular weight is 1200 g/mol. The van der Waals surface area contributed by atoms with Crippen molar-refractivity contribution >= 4 is 43.7 Å². The van der Waals surface area contributed by atoms with Gasteiger partial charge >= 0.3 is 0 Å². The monoisotopic (exact) mass is 1200 g/mol. The van der Waals surface area contributed by atoms with Gasteiger partial charge in [0.05, 0.1) is 70.8 Å². The lowest BCUT2D eigenvalue weighted by atomic mass is 10.2. The number of rotatable bonds is 0. The Morgan fingerprint density at radius 1 is 0.311 bits per heavy atom. The van der Waals surface area contributed by atoms with Crippen LogP contribution in [0.3, 0.4) is 0 Å². The van der Waals surface area contributed by atoms with Crippen LogP contribution in [0.15, 0.2) is 246 Å². The maximum atomic E-state index is 4.28. The number of pyridine rings is 2. The summed E-state index contributed by atoms with van der Waals surface area (Å²) in [6.45, 7) is 15.3. The number of aryl methyl sites for hydroxylation is 11. The minimum atomic E-state index is 0.711. The van der Waals surface area contributed by atoms with Crippen molar-refractivity contribution < 1.29 is 0 Å². The van der Waals surface area contributed by atoms with Gasteiger partial charge in [0.1, 0.15) is 43.3 Å². The van der Waals surface area contributed by atoms with Gasteiger partial charge < -0.3 is 9.13 Å². The zero-order valence-corrected chi connectivity index (χ0v) is 52.4. The third-order valence-electron chi connectivity index (χ3n) is 11.6. The maximum Gasteiger partial charge on any atom is 0.147 e. The van der Waals surface area contributed by atoms with E-state index in [1.165, 1.54) is 75.5 Å². The summed E-state index contributed by atoms with van der Waals surface area (Å²) in [7, 11) is 6.00. The Labute approximate surface area is 523 Å². The van der Waals surface area contributed by atoms with Crippen molar-refractivity contribution in [1.82, 2.24) is 115 Å². The van der Waals surface area contributed by atoms with Crippen LogP contribution in [0, 0.1) is 55.4 Å². The van der Waals surface area contributed by atoms with Crippen LogP contribution in [0.1, 0.15) is 45.4 Å². The summed E-state index contributed by atoms with van der Waals surface area (Å²) < 4.78 is 6.00. The third-order valence-corrected chi connectivity index (χ3v) is 11.6. The van der Waals surface area contributed by atoms with Gasteiger partial charge in [0.15, 0.2) is 0 Å². The summed E-state index contributed by atoms with van der Waals surface area (Å²) in [5.74, 6) is 1.47. The van der Waals surface area contributed by atoms with Gasteiger partial charge in [-0.2, -0.15) is 30.6 Å². The smallest absolute Gasteiger partial charge is 0.147 e. The Morgan fingerprint density at radius 3 is 1.43 bits per heavy atom. The molecule has 0 bridgehead atoms. The quantitative estimate of drug-likeness (QED) is 0.136. The van der Waals surface area contributed by atoms with E-state index in [-0.39, 0.29) is 0 Å².